The van der Waals surface area contributed by atoms with Crippen molar-refractivity contribution in [3.8, 4) is 0 Å². The number of nitrogens with one attached hydrogen (secondary N) is 1. The largest absolute Gasteiger partial charge is 0.379 e. The molecule has 0 aromatic carbocycles. The molecule has 10 heavy (non-hydrogen) atoms. The second-order valence-corrected chi connectivity index (χ2v) is 3.78. The normalized spacial score (nSPS) is 47.1. The van der Waals surface area contributed by atoms with E-state index in [1.54, 1.807) is 0 Å². The minimum atomic E-state index is 0.457. The van der Waals surface area contributed by atoms with Crippen molar-refractivity contribution >= 4 is 0 Å². The molecule has 0 aliphatic carbocycles. The standard InChI is InChI=1S/C8H15NO/c1-8-3-2-4-9-7(8)5-10-6-8/h7,9H,2-6H2,1H3. The molecule has 0 aromatic rings. The molecule has 2 nitrogen and oxygen atoms in total. The highest BCUT2D eigenvalue weighted by atomic mass is 16.5. The van der Waals surface area contributed by atoms with Gasteiger partial charge in [0.1, 0.15) is 0 Å². The molecule has 2 unspecified atom stereocenters. The first-order valence-corrected chi connectivity index (χ1v) is 4.12. The second kappa shape index (κ2) is 2.21. The van der Waals surface area contributed by atoms with Gasteiger partial charge in [-0.2, -0.15) is 0 Å². The van der Waals surface area contributed by atoms with Crippen LogP contribution in [0.25, 0.3) is 0 Å². The zero-order chi connectivity index (χ0) is 7.03. The Balaban J connectivity index is 2.10. The van der Waals surface area contributed by atoms with Crippen LogP contribution in [0, 0.1) is 5.41 Å². The van der Waals surface area contributed by atoms with Crippen LogP contribution in [0.15, 0.2) is 0 Å². The quantitative estimate of drug-likeness (QED) is 0.538. The predicted molar refractivity (Wildman–Crippen MR) is 40.0 cm³/mol. The van der Waals surface area contributed by atoms with Gasteiger partial charge in [-0.3, -0.25) is 0 Å². The lowest BCUT2D eigenvalue weighted by atomic mass is 9.78. The van der Waals surface area contributed by atoms with Crippen molar-refractivity contribution in [1.29, 1.82) is 0 Å². The van der Waals surface area contributed by atoms with Crippen LogP contribution < -0.4 is 5.32 Å². The Morgan fingerprint density at radius 2 is 2.50 bits per heavy atom. The molecule has 0 spiro atoms. The molecule has 0 aromatic heterocycles. The Morgan fingerprint density at radius 1 is 1.60 bits per heavy atom. The van der Waals surface area contributed by atoms with E-state index in [0.29, 0.717) is 11.5 Å². The molecule has 2 rings (SSSR count). The third-order valence-electron chi connectivity index (χ3n) is 2.87. The highest BCUT2D eigenvalue weighted by Crippen LogP contribution is 2.35. The summed E-state index contributed by atoms with van der Waals surface area (Å²) in [5, 5.41) is 3.50. The van der Waals surface area contributed by atoms with Crippen LogP contribution >= 0.6 is 0 Å². The smallest absolute Gasteiger partial charge is 0.0626 e. The Hall–Kier alpha value is -0.0800. The summed E-state index contributed by atoms with van der Waals surface area (Å²) < 4.78 is 5.43. The Morgan fingerprint density at radius 3 is 3.30 bits per heavy atom. The van der Waals surface area contributed by atoms with E-state index in [9.17, 15) is 0 Å². The summed E-state index contributed by atoms with van der Waals surface area (Å²) in [6.07, 6.45) is 2.65. The zero-order valence-corrected chi connectivity index (χ0v) is 6.52. The predicted octanol–water partition coefficient (Wildman–Crippen LogP) is 0.775. The lowest BCUT2D eigenvalue weighted by molar-refractivity contribution is 0.149. The number of hydrogen-bond donors (Lipinski definition) is 1. The summed E-state index contributed by atoms with van der Waals surface area (Å²) in [7, 11) is 0. The van der Waals surface area contributed by atoms with E-state index in [4.69, 9.17) is 4.74 Å². The monoisotopic (exact) mass is 141 g/mol. The van der Waals surface area contributed by atoms with Crippen molar-refractivity contribution in [2.75, 3.05) is 19.8 Å². The average Bonchev–Trinajstić information content (AvgIpc) is 2.29. The van der Waals surface area contributed by atoms with Crippen LogP contribution in [0.2, 0.25) is 0 Å². The van der Waals surface area contributed by atoms with Gasteiger partial charge in [-0.25, -0.2) is 0 Å². The van der Waals surface area contributed by atoms with Gasteiger partial charge in [0, 0.05) is 11.5 Å². The topological polar surface area (TPSA) is 21.3 Å². The maximum absolute atomic E-state index is 5.43. The summed E-state index contributed by atoms with van der Waals surface area (Å²) in [5.74, 6) is 0. The number of fused-ring (bicyclic) bond motifs is 1. The molecular formula is C8H15NO. The number of ether oxygens (including phenoxy) is 1. The van der Waals surface area contributed by atoms with Gasteiger partial charge >= 0.3 is 0 Å². The molecule has 2 aliphatic heterocycles. The second-order valence-electron chi connectivity index (χ2n) is 3.78. The van der Waals surface area contributed by atoms with E-state index in [2.05, 4.69) is 12.2 Å². The van der Waals surface area contributed by atoms with E-state index >= 15 is 0 Å². The minimum Gasteiger partial charge on any atom is -0.379 e. The SMILES string of the molecule is CC12CCCNC1COC2. The van der Waals surface area contributed by atoms with Crippen molar-refractivity contribution in [1.82, 2.24) is 5.32 Å². The van der Waals surface area contributed by atoms with Crippen LogP contribution in [-0.4, -0.2) is 25.8 Å². The number of hydrogen-bond acceptors (Lipinski definition) is 2. The third-order valence-corrected chi connectivity index (χ3v) is 2.87. The summed E-state index contributed by atoms with van der Waals surface area (Å²) in [6.45, 7) is 5.40. The molecule has 58 valence electrons. The van der Waals surface area contributed by atoms with Gasteiger partial charge in [0.05, 0.1) is 13.2 Å². The van der Waals surface area contributed by atoms with E-state index < -0.39 is 0 Å². The van der Waals surface area contributed by atoms with Gasteiger partial charge < -0.3 is 10.1 Å². The van der Waals surface area contributed by atoms with Crippen molar-refractivity contribution in [3.63, 3.8) is 0 Å². The maximum atomic E-state index is 5.43. The van der Waals surface area contributed by atoms with Gasteiger partial charge in [-0.05, 0) is 19.4 Å². The summed E-state index contributed by atoms with van der Waals surface area (Å²) in [5.41, 5.74) is 0.457. The van der Waals surface area contributed by atoms with Gasteiger partial charge in [-0.1, -0.05) is 6.92 Å². The molecule has 0 bridgehead atoms. The van der Waals surface area contributed by atoms with Crippen LogP contribution in [0.3, 0.4) is 0 Å². The molecular weight excluding hydrogens is 126 g/mol. The molecule has 2 saturated heterocycles. The molecule has 0 saturated carbocycles. The maximum Gasteiger partial charge on any atom is 0.0626 e. The van der Waals surface area contributed by atoms with Crippen LogP contribution in [0.4, 0.5) is 0 Å². The minimum absolute atomic E-state index is 0.457. The van der Waals surface area contributed by atoms with E-state index in [1.807, 2.05) is 0 Å². The summed E-state index contributed by atoms with van der Waals surface area (Å²) in [4.78, 5) is 0. The van der Waals surface area contributed by atoms with Crippen molar-refractivity contribution in [3.05, 3.63) is 0 Å². The fraction of sp³-hybridized carbons (Fsp3) is 1.00. The van der Waals surface area contributed by atoms with Crippen molar-refractivity contribution in [2.45, 2.75) is 25.8 Å². The van der Waals surface area contributed by atoms with Crippen LogP contribution in [-0.2, 0) is 4.74 Å². The summed E-state index contributed by atoms with van der Waals surface area (Å²) >= 11 is 0. The Kier molecular flexibility index (Phi) is 1.46. The lowest BCUT2D eigenvalue weighted by Crippen LogP contribution is -2.47. The first-order chi connectivity index (χ1) is 4.81. The molecule has 2 atom stereocenters. The molecule has 0 amide bonds. The fourth-order valence-electron chi connectivity index (χ4n) is 2.03. The van der Waals surface area contributed by atoms with E-state index in [1.165, 1.54) is 19.4 Å². The third kappa shape index (κ3) is 0.867. The lowest BCUT2D eigenvalue weighted by Gasteiger charge is -2.34. The highest BCUT2D eigenvalue weighted by Gasteiger charge is 2.41. The first-order valence-electron chi connectivity index (χ1n) is 4.12. The van der Waals surface area contributed by atoms with Crippen LogP contribution in [0.1, 0.15) is 19.8 Å². The Bertz CT molecular complexity index is 137. The van der Waals surface area contributed by atoms with Gasteiger partial charge in [0.25, 0.3) is 0 Å². The average molecular weight is 141 g/mol. The molecule has 2 heteroatoms. The molecule has 1 N–H and O–H groups in total. The van der Waals surface area contributed by atoms with E-state index in [0.717, 1.165) is 13.2 Å². The van der Waals surface area contributed by atoms with Crippen molar-refractivity contribution in [2.24, 2.45) is 5.41 Å². The zero-order valence-electron chi connectivity index (χ0n) is 6.52. The van der Waals surface area contributed by atoms with Gasteiger partial charge in [-0.15, -0.1) is 0 Å². The van der Waals surface area contributed by atoms with E-state index in [-0.39, 0.29) is 0 Å². The molecule has 2 fully saturated rings. The Labute approximate surface area is 61.9 Å². The molecule has 2 heterocycles. The summed E-state index contributed by atoms with van der Waals surface area (Å²) in [6, 6.07) is 0.640. The number of rotatable bonds is 0. The fourth-order valence-corrected chi connectivity index (χ4v) is 2.03. The van der Waals surface area contributed by atoms with Gasteiger partial charge in [0.2, 0.25) is 0 Å². The highest BCUT2D eigenvalue weighted by molar-refractivity contribution is 4.94. The molecule has 0 radical (unpaired) electrons. The first kappa shape index (κ1) is 6.62. The number of piperidine rings is 1. The molecule has 2 aliphatic rings. The van der Waals surface area contributed by atoms with Crippen molar-refractivity contribution < 1.29 is 4.74 Å². The van der Waals surface area contributed by atoms with Crippen LogP contribution in [0.5, 0.6) is 0 Å². The van der Waals surface area contributed by atoms with Gasteiger partial charge in [0.15, 0.2) is 0 Å².